The highest BCUT2D eigenvalue weighted by Gasteiger charge is 2.19. The van der Waals surface area contributed by atoms with E-state index in [-0.39, 0.29) is 0 Å². The highest BCUT2D eigenvalue weighted by atomic mass is 19.2. The molecule has 0 aromatic heterocycles. The molecule has 202 valence electrons. The first-order valence-corrected chi connectivity index (χ1v) is 14.5. The first-order valence-electron chi connectivity index (χ1n) is 14.5. The Morgan fingerprint density at radius 3 is 1.68 bits per heavy atom. The van der Waals surface area contributed by atoms with Crippen molar-refractivity contribution < 1.29 is 8.78 Å². The Bertz CT molecular complexity index is 1020. The third-order valence-corrected chi connectivity index (χ3v) is 7.62. The van der Waals surface area contributed by atoms with E-state index in [4.69, 9.17) is 0 Å². The number of rotatable bonds is 7. The van der Waals surface area contributed by atoms with E-state index in [9.17, 15) is 8.78 Å². The molecule has 0 amide bonds. The molecule has 0 spiro atoms. The van der Waals surface area contributed by atoms with Gasteiger partial charge in [-0.05, 0) is 47.9 Å². The molecule has 3 aromatic carbocycles. The van der Waals surface area contributed by atoms with Gasteiger partial charge in [0.1, 0.15) is 0 Å². The quantitative estimate of drug-likeness (QED) is 0.279. The van der Waals surface area contributed by atoms with Gasteiger partial charge in [-0.25, -0.2) is 8.78 Å². The van der Waals surface area contributed by atoms with E-state index in [1.807, 2.05) is 45.0 Å². The van der Waals surface area contributed by atoms with Gasteiger partial charge in [-0.2, -0.15) is 0 Å². The van der Waals surface area contributed by atoms with Crippen LogP contribution < -0.4 is 0 Å². The smallest absolute Gasteiger partial charge is 0.166 e. The molecule has 0 radical (unpaired) electrons. The highest BCUT2D eigenvalue weighted by Crippen LogP contribution is 2.33. The van der Waals surface area contributed by atoms with Gasteiger partial charge in [-0.3, -0.25) is 0 Å². The molecule has 0 nitrogen and oxygen atoms in total. The van der Waals surface area contributed by atoms with Crippen LogP contribution in [0.1, 0.15) is 96.6 Å². The topological polar surface area (TPSA) is 0 Å². The summed E-state index contributed by atoms with van der Waals surface area (Å²) >= 11 is 0. The second-order valence-electron chi connectivity index (χ2n) is 10.3. The van der Waals surface area contributed by atoms with Crippen molar-refractivity contribution in [2.24, 2.45) is 11.8 Å². The second-order valence-corrected chi connectivity index (χ2v) is 10.3. The Morgan fingerprint density at radius 2 is 1.14 bits per heavy atom. The van der Waals surface area contributed by atoms with Crippen molar-refractivity contribution in [3.8, 4) is 22.3 Å². The van der Waals surface area contributed by atoms with Crippen molar-refractivity contribution in [3.05, 3.63) is 83.4 Å². The third kappa shape index (κ3) is 9.40. The van der Waals surface area contributed by atoms with Crippen molar-refractivity contribution in [1.82, 2.24) is 0 Å². The van der Waals surface area contributed by atoms with Gasteiger partial charge in [-0.15, -0.1) is 0 Å². The first kappa shape index (κ1) is 30.7. The average molecular weight is 507 g/mol. The second kappa shape index (κ2) is 16.4. The van der Waals surface area contributed by atoms with Crippen molar-refractivity contribution in [3.63, 3.8) is 0 Å². The van der Waals surface area contributed by atoms with Crippen LogP contribution >= 0.6 is 0 Å². The summed E-state index contributed by atoms with van der Waals surface area (Å²) in [7, 11) is 0. The lowest BCUT2D eigenvalue weighted by molar-refractivity contribution is 0.254. The Morgan fingerprint density at radius 1 is 0.622 bits per heavy atom. The van der Waals surface area contributed by atoms with Crippen molar-refractivity contribution >= 4 is 0 Å². The summed E-state index contributed by atoms with van der Waals surface area (Å²) in [5.74, 6) is 0.597. The highest BCUT2D eigenvalue weighted by molar-refractivity contribution is 5.71. The Labute approximate surface area is 225 Å². The molecular formula is C35H48F2. The van der Waals surface area contributed by atoms with E-state index < -0.39 is 11.6 Å². The predicted molar refractivity (Wildman–Crippen MR) is 158 cm³/mol. The fourth-order valence-electron chi connectivity index (χ4n) is 5.07. The standard InChI is InChI=1S/C20H16F2.C13H26.C2H6/c1-13-3-6-15(7-4-13)16-8-10-17(11-9-16)18-12-5-14(2)19(21)20(18)22;1-3-5-6-7-13-10-8-12(4-2)9-11-13;1-2/h3-12H,1-2H3;12-13H,3-11H2,1-2H3;1-2H3. The summed E-state index contributed by atoms with van der Waals surface area (Å²) < 4.78 is 27.7. The molecule has 0 saturated heterocycles. The normalized spacial score (nSPS) is 16.8. The zero-order chi connectivity index (χ0) is 27.2. The van der Waals surface area contributed by atoms with Crippen LogP contribution in [0.4, 0.5) is 8.78 Å². The van der Waals surface area contributed by atoms with Crippen molar-refractivity contribution in [1.29, 1.82) is 0 Å². The van der Waals surface area contributed by atoms with Crippen LogP contribution in [-0.4, -0.2) is 0 Å². The summed E-state index contributed by atoms with van der Waals surface area (Å²) in [6, 6.07) is 18.9. The minimum atomic E-state index is -0.789. The molecule has 4 rings (SSSR count). The zero-order valence-corrected chi connectivity index (χ0v) is 24.0. The van der Waals surface area contributed by atoms with Crippen molar-refractivity contribution in [2.45, 2.75) is 99.3 Å². The van der Waals surface area contributed by atoms with Crippen LogP contribution in [0, 0.1) is 37.3 Å². The Balaban J connectivity index is 0.000000275. The summed E-state index contributed by atoms with van der Waals surface area (Å²) in [5, 5.41) is 0. The maximum atomic E-state index is 14.0. The first-order chi connectivity index (χ1) is 17.9. The monoisotopic (exact) mass is 506 g/mol. The molecule has 1 fully saturated rings. The molecule has 0 N–H and O–H groups in total. The molecule has 1 saturated carbocycles. The van der Waals surface area contributed by atoms with Gasteiger partial charge in [0.15, 0.2) is 11.6 Å². The van der Waals surface area contributed by atoms with Gasteiger partial charge in [-0.1, -0.05) is 152 Å². The molecule has 37 heavy (non-hydrogen) atoms. The van der Waals surface area contributed by atoms with E-state index in [0.29, 0.717) is 16.7 Å². The maximum absolute atomic E-state index is 14.0. The zero-order valence-electron chi connectivity index (χ0n) is 24.0. The third-order valence-electron chi connectivity index (χ3n) is 7.62. The Kier molecular flexibility index (Phi) is 13.6. The summed E-state index contributed by atoms with van der Waals surface area (Å²) in [6.07, 6.45) is 13.4. The molecule has 1 aliphatic carbocycles. The van der Waals surface area contributed by atoms with Crippen LogP contribution in [0.25, 0.3) is 22.3 Å². The number of hydrogen-bond donors (Lipinski definition) is 0. The molecule has 3 aromatic rings. The fourth-order valence-corrected chi connectivity index (χ4v) is 5.07. The number of unbranched alkanes of at least 4 members (excludes halogenated alkanes) is 2. The van der Waals surface area contributed by atoms with Gasteiger partial charge in [0.2, 0.25) is 0 Å². The lowest BCUT2D eigenvalue weighted by atomic mass is 9.79. The summed E-state index contributed by atoms with van der Waals surface area (Å²) in [4.78, 5) is 0. The van der Waals surface area contributed by atoms with Crippen molar-refractivity contribution in [2.75, 3.05) is 0 Å². The van der Waals surface area contributed by atoms with Gasteiger partial charge in [0, 0.05) is 5.56 Å². The van der Waals surface area contributed by atoms with E-state index in [2.05, 4.69) is 38.1 Å². The van der Waals surface area contributed by atoms with Crippen LogP contribution in [0.5, 0.6) is 0 Å². The Hall–Kier alpha value is -2.48. The van der Waals surface area contributed by atoms with E-state index in [1.165, 1.54) is 63.4 Å². The van der Waals surface area contributed by atoms with Gasteiger partial charge < -0.3 is 0 Å². The molecule has 0 unspecified atom stereocenters. The van der Waals surface area contributed by atoms with Crippen LogP contribution in [0.15, 0.2) is 60.7 Å². The molecule has 0 atom stereocenters. The lowest BCUT2D eigenvalue weighted by Gasteiger charge is -2.27. The van der Waals surface area contributed by atoms with Crippen LogP contribution in [0.3, 0.4) is 0 Å². The van der Waals surface area contributed by atoms with Gasteiger partial charge in [0.25, 0.3) is 0 Å². The minimum absolute atomic E-state index is 0.290. The fraction of sp³-hybridized carbons (Fsp3) is 0.486. The number of hydrogen-bond acceptors (Lipinski definition) is 0. The molecule has 0 heterocycles. The van der Waals surface area contributed by atoms with E-state index >= 15 is 0 Å². The maximum Gasteiger partial charge on any atom is 0.166 e. The molecule has 0 bridgehead atoms. The summed E-state index contributed by atoms with van der Waals surface area (Å²) in [5.41, 5.74) is 4.64. The summed E-state index contributed by atoms with van der Waals surface area (Å²) in [6.45, 7) is 12.3. The van der Waals surface area contributed by atoms with E-state index in [1.54, 1.807) is 19.1 Å². The van der Waals surface area contributed by atoms with Gasteiger partial charge in [0.05, 0.1) is 0 Å². The molecule has 0 aliphatic heterocycles. The number of halogens is 2. The van der Waals surface area contributed by atoms with Crippen LogP contribution in [-0.2, 0) is 0 Å². The lowest BCUT2D eigenvalue weighted by Crippen LogP contribution is -2.13. The molecule has 1 aliphatic rings. The predicted octanol–water partition coefficient (Wildman–Crippen LogP) is 11.7. The van der Waals surface area contributed by atoms with E-state index in [0.717, 1.165) is 23.0 Å². The van der Waals surface area contributed by atoms with Gasteiger partial charge >= 0.3 is 0 Å². The number of benzene rings is 3. The van der Waals surface area contributed by atoms with Crippen LogP contribution in [0.2, 0.25) is 0 Å². The molecular weight excluding hydrogens is 458 g/mol. The largest absolute Gasteiger partial charge is 0.203 e. The molecule has 2 heteroatoms. The number of aryl methyl sites for hydroxylation is 2. The average Bonchev–Trinajstić information content (AvgIpc) is 2.94. The SMILES string of the molecule is CC.CCCCCC1CCC(CC)CC1.Cc1ccc(-c2ccc(-c3ccc(C)c(F)c3F)cc2)cc1. The minimum Gasteiger partial charge on any atom is -0.203 e.